The van der Waals surface area contributed by atoms with Gasteiger partial charge in [-0.25, -0.2) is 0 Å². The molecule has 0 spiro atoms. The highest BCUT2D eigenvalue weighted by Gasteiger charge is 2.41. The van der Waals surface area contributed by atoms with E-state index < -0.39 is 0 Å². The Bertz CT molecular complexity index is 470. The van der Waals surface area contributed by atoms with Crippen molar-refractivity contribution < 1.29 is 9.53 Å². The summed E-state index contributed by atoms with van der Waals surface area (Å²) in [5, 5.41) is 0.646. The van der Waals surface area contributed by atoms with Crippen molar-refractivity contribution in [2.45, 2.75) is 39.9 Å². The molecule has 18 heavy (non-hydrogen) atoms. The lowest BCUT2D eigenvalue weighted by atomic mass is 9.83. The molecule has 2 rings (SSSR count). The first-order chi connectivity index (χ1) is 8.41. The van der Waals surface area contributed by atoms with Crippen LogP contribution in [0.25, 0.3) is 0 Å². The molecule has 0 aliphatic carbocycles. The van der Waals surface area contributed by atoms with Gasteiger partial charge < -0.3 is 4.74 Å². The van der Waals surface area contributed by atoms with E-state index in [-0.39, 0.29) is 29.8 Å². The average molecular weight is 267 g/mol. The maximum Gasteiger partial charge on any atom is 0.168 e. The zero-order valence-electron chi connectivity index (χ0n) is 11.2. The fourth-order valence-electron chi connectivity index (χ4n) is 2.66. The molecule has 1 aromatic rings. The molecule has 0 amide bonds. The van der Waals surface area contributed by atoms with Gasteiger partial charge in [-0.1, -0.05) is 30.7 Å². The molecule has 4 unspecified atom stereocenters. The van der Waals surface area contributed by atoms with E-state index >= 15 is 0 Å². The summed E-state index contributed by atoms with van der Waals surface area (Å²) in [5.41, 5.74) is 1.68. The van der Waals surface area contributed by atoms with Crippen molar-refractivity contribution >= 4 is 17.4 Å². The number of carbonyl (C=O) groups excluding carboxylic acids is 1. The van der Waals surface area contributed by atoms with Gasteiger partial charge in [0.15, 0.2) is 5.78 Å². The number of aryl methyl sites for hydroxylation is 1. The number of rotatable bonds is 2. The van der Waals surface area contributed by atoms with Crippen LogP contribution in [0.4, 0.5) is 0 Å². The van der Waals surface area contributed by atoms with Crippen molar-refractivity contribution in [3.63, 3.8) is 0 Å². The second-order valence-electron chi connectivity index (χ2n) is 5.26. The van der Waals surface area contributed by atoms with Gasteiger partial charge in [-0.15, -0.1) is 0 Å². The smallest absolute Gasteiger partial charge is 0.168 e. The molecule has 4 atom stereocenters. The van der Waals surface area contributed by atoms with Crippen LogP contribution in [0.15, 0.2) is 18.2 Å². The highest BCUT2D eigenvalue weighted by atomic mass is 35.5. The van der Waals surface area contributed by atoms with E-state index in [1.165, 1.54) is 0 Å². The molecule has 1 aromatic carbocycles. The molecule has 98 valence electrons. The maximum absolute atomic E-state index is 12.5. The number of halogens is 1. The van der Waals surface area contributed by atoms with Gasteiger partial charge in [-0.3, -0.25) is 4.79 Å². The Hall–Kier alpha value is -0.860. The monoisotopic (exact) mass is 266 g/mol. The third-order valence-electron chi connectivity index (χ3n) is 4.00. The maximum atomic E-state index is 12.5. The lowest BCUT2D eigenvalue weighted by molar-refractivity contribution is 0.0491. The highest BCUT2D eigenvalue weighted by molar-refractivity contribution is 6.31. The zero-order chi connectivity index (χ0) is 13.4. The van der Waals surface area contributed by atoms with Crippen LogP contribution in [0.1, 0.15) is 36.7 Å². The molecule has 1 fully saturated rings. The number of hydrogen-bond donors (Lipinski definition) is 0. The number of hydrogen-bond acceptors (Lipinski definition) is 2. The molecule has 1 saturated heterocycles. The topological polar surface area (TPSA) is 26.3 Å². The predicted octanol–water partition coefficient (Wildman–Crippen LogP) is 3.89. The number of benzene rings is 1. The van der Waals surface area contributed by atoms with Gasteiger partial charge in [-0.2, -0.15) is 0 Å². The van der Waals surface area contributed by atoms with Crippen molar-refractivity contribution in [3.8, 4) is 0 Å². The Morgan fingerprint density at radius 3 is 2.39 bits per heavy atom. The lowest BCUT2D eigenvalue weighted by Crippen LogP contribution is -2.26. The van der Waals surface area contributed by atoms with E-state index in [2.05, 4.69) is 6.92 Å². The number of carbonyl (C=O) groups is 1. The summed E-state index contributed by atoms with van der Waals surface area (Å²) in [4.78, 5) is 12.5. The molecular weight excluding hydrogens is 248 g/mol. The van der Waals surface area contributed by atoms with Crippen LogP contribution in [0.3, 0.4) is 0 Å². The van der Waals surface area contributed by atoms with Crippen LogP contribution in [0.2, 0.25) is 5.02 Å². The van der Waals surface area contributed by atoms with Gasteiger partial charge in [0.2, 0.25) is 0 Å². The summed E-state index contributed by atoms with van der Waals surface area (Å²) >= 11 is 6.08. The van der Waals surface area contributed by atoms with E-state index in [0.717, 1.165) is 5.56 Å². The Labute approximate surface area is 113 Å². The van der Waals surface area contributed by atoms with Crippen molar-refractivity contribution in [2.24, 2.45) is 11.8 Å². The van der Waals surface area contributed by atoms with Crippen LogP contribution in [-0.2, 0) is 4.74 Å². The molecule has 1 aliphatic heterocycles. The van der Waals surface area contributed by atoms with Crippen molar-refractivity contribution in [1.82, 2.24) is 0 Å². The molecule has 0 aromatic heterocycles. The van der Waals surface area contributed by atoms with Gasteiger partial charge in [-0.05, 0) is 38.3 Å². The van der Waals surface area contributed by atoms with Crippen molar-refractivity contribution in [1.29, 1.82) is 0 Å². The van der Waals surface area contributed by atoms with Gasteiger partial charge in [0.1, 0.15) is 0 Å². The van der Waals surface area contributed by atoms with Crippen LogP contribution >= 0.6 is 11.6 Å². The average Bonchev–Trinajstić information content (AvgIpc) is 2.56. The third-order valence-corrected chi connectivity index (χ3v) is 4.41. The lowest BCUT2D eigenvalue weighted by Gasteiger charge is -2.17. The third kappa shape index (κ3) is 2.32. The Morgan fingerprint density at radius 1 is 1.22 bits per heavy atom. The Morgan fingerprint density at radius 2 is 1.89 bits per heavy atom. The minimum absolute atomic E-state index is 0.0254. The standard InChI is InChI=1S/C15H19ClO2/c1-8-5-6-12(7-13(8)16)15(17)14-9(2)10(3)18-11(14)4/h5-7,9-11,14H,1-4H3. The van der Waals surface area contributed by atoms with E-state index in [1.54, 1.807) is 6.07 Å². The largest absolute Gasteiger partial charge is 0.374 e. The minimum atomic E-state index is -0.0706. The second kappa shape index (κ2) is 5.02. The van der Waals surface area contributed by atoms with Crippen LogP contribution in [0.5, 0.6) is 0 Å². The molecule has 0 N–H and O–H groups in total. The van der Waals surface area contributed by atoms with Gasteiger partial charge in [0.25, 0.3) is 0 Å². The number of ether oxygens (including phenoxy) is 1. The molecule has 0 radical (unpaired) electrons. The molecule has 0 saturated carbocycles. The normalized spacial score (nSPS) is 31.6. The van der Waals surface area contributed by atoms with Crippen LogP contribution < -0.4 is 0 Å². The first-order valence-electron chi connectivity index (χ1n) is 6.37. The van der Waals surface area contributed by atoms with E-state index in [9.17, 15) is 4.79 Å². The Balaban J connectivity index is 2.28. The summed E-state index contributed by atoms with van der Waals surface area (Å²) in [6, 6.07) is 5.51. The molecular formula is C15H19ClO2. The van der Waals surface area contributed by atoms with Gasteiger partial charge >= 0.3 is 0 Å². The van der Waals surface area contributed by atoms with Gasteiger partial charge in [0.05, 0.1) is 18.1 Å². The fourth-order valence-corrected chi connectivity index (χ4v) is 2.84. The molecule has 1 heterocycles. The second-order valence-corrected chi connectivity index (χ2v) is 5.67. The van der Waals surface area contributed by atoms with E-state index in [1.807, 2.05) is 32.9 Å². The van der Waals surface area contributed by atoms with Gasteiger partial charge in [0, 0.05) is 10.6 Å². The number of Topliss-reactive ketones (excluding diaryl/α,β-unsaturated/α-hetero) is 1. The van der Waals surface area contributed by atoms with Crippen molar-refractivity contribution in [2.75, 3.05) is 0 Å². The van der Waals surface area contributed by atoms with Crippen LogP contribution in [-0.4, -0.2) is 18.0 Å². The summed E-state index contributed by atoms with van der Waals surface area (Å²) < 4.78 is 5.73. The fraction of sp³-hybridized carbons (Fsp3) is 0.533. The quantitative estimate of drug-likeness (QED) is 0.759. The first-order valence-corrected chi connectivity index (χ1v) is 6.75. The van der Waals surface area contributed by atoms with E-state index in [4.69, 9.17) is 16.3 Å². The first kappa shape index (κ1) is 13.6. The molecule has 2 nitrogen and oxygen atoms in total. The van der Waals surface area contributed by atoms with Crippen LogP contribution in [0, 0.1) is 18.8 Å². The summed E-state index contributed by atoms with van der Waals surface area (Å²) in [6.45, 7) is 8.00. The minimum Gasteiger partial charge on any atom is -0.374 e. The van der Waals surface area contributed by atoms with Crippen molar-refractivity contribution in [3.05, 3.63) is 34.3 Å². The summed E-state index contributed by atoms with van der Waals surface area (Å²) in [6.07, 6.45) is 0.109. The zero-order valence-corrected chi connectivity index (χ0v) is 12.0. The molecule has 3 heteroatoms. The highest BCUT2D eigenvalue weighted by Crippen LogP contribution is 2.35. The number of ketones is 1. The summed E-state index contributed by atoms with van der Waals surface area (Å²) in [5.74, 6) is 0.313. The molecule has 1 aliphatic rings. The predicted molar refractivity (Wildman–Crippen MR) is 73.2 cm³/mol. The SMILES string of the molecule is Cc1ccc(C(=O)C2C(C)OC(C)C2C)cc1Cl. The molecule has 0 bridgehead atoms. The Kier molecular flexibility index (Phi) is 3.79. The summed E-state index contributed by atoms with van der Waals surface area (Å²) in [7, 11) is 0. The van der Waals surface area contributed by atoms with E-state index in [0.29, 0.717) is 10.6 Å².